The molecule has 0 aromatic carbocycles. The molecule has 0 saturated carbocycles. The molecule has 0 atom stereocenters. The van der Waals surface area contributed by atoms with Crippen molar-refractivity contribution in [2.75, 3.05) is 0 Å². The Kier molecular flexibility index (Phi) is 2.59. The number of carboxylic acids is 1. The molecular formula is C9H9N5O2. The van der Waals surface area contributed by atoms with Gasteiger partial charge in [0, 0.05) is 19.4 Å². The van der Waals surface area contributed by atoms with Crippen LogP contribution in [0.3, 0.4) is 0 Å². The normalized spacial score (nSPS) is 10.3. The van der Waals surface area contributed by atoms with Gasteiger partial charge in [-0.15, -0.1) is 0 Å². The molecule has 0 aliphatic heterocycles. The molecule has 0 bridgehead atoms. The van der Waals surface area contributed by atoms with E-state index >= 15 is 0 Å². The first-order chi connectivity index (χ1) is 7.66. The smallest absolute Gasteiger partial charge is 0.307 e. The quantitative estimate of drug-likeness (QED) is 0.774. The van der Waals surface area contributed by atoms with Crippen LogP contribution in [0.2, 0.25) is 0 Å². The summed E-state index contributed by atoms with van der Waals surface area (Å²) in [5.41, 5.74) is 0.554. The Morgan fingerprint density at radius 3 is 2.56 bits per heavy atom. The van der Waals surface area contributed by atoms with Crippen molar-refractivity contribution < 1.29 is 9.90 Å². The summed E-state index contributed by atoms with van der Waals surface area (Å²) in [6.07, 6.45) is 4.28. The molecule has 7 heteroatoms. The van der Waals surface area contributed by atoms with E-state index < -0.39 is 5.97 Å². The van der Waals surface area contributed by atoms with Crippen LogP contribution in [-0.2, 0) is 18.3 Å². The first kappa shape index (κ1) is 10.2. The first-order valence-corrected chi connectivity index (χ1v) is 4.54. The van der Waals surface area contributed by atoms with E-state index in [0.29, 0.717) is 17.2 Å². The maximum absolute atomic E-state index is 10.5. The van der Waals surface area contributed by atoms with Gasteiger partial charge >= 0.3 is 5.97 Å². The third-order valence-corrected chi connectivity index (χ3v) is 1.97. The molecule has 16 heavy (non-hydrogen) atoms. The summed E-state index contributed by atoms with van der Waals surface area (Å²) in [7, 11) is 1.73. The zero-order chi connectivity index (χ0) is 11.5. The summed E-state index contributed by atoms with van der Waals surface area (Å²) in [4.78, 5) is 22.5. The Bertz CT molecular complexity index is 505. The van der Waals surface area contributed by atoms with Crippen molar-refractivity contribution in [2.24, 2.45) is 7.05 Å². The molecule has 0 radical (unpaired) electrons. The minimum Gasteiger partial charge on any atom is -0.481 e. The van der Waals surface area contributed by atoms with Crippen molar-refractivity contribution in [1.29, 1.82) is 0 Å². The summed E-state index contributed by atoms with van der Waals surface area (Å²) in [6.45, 7) is 0. The molecule has 0 aliphatic carbocycles. The Balaban J connectivity index is 2.26. The van der Waals surface area contributed by atoms with Crippen molar-refractivity contribution in [1.82, 2.24) is 24.7 Å². The zero-order valence-electron chi connectivity index (χ0n) is 8.53. The fourth-order valence-corrected chi connectivity index (χ4v) is 1.23. The fourth-order valence-electron chi connectivity index (χ4n) is 1.23. The largest absolute Gasteiger partial charge is 0.481 e. The molecule has 2 rings (SSSR count). The Morgan fingerprint density at radius 2 is 2.06 bits per heavy atom. The van der Waals surface area contributed by atoms with E-state index in [0.717, 1.165) is 0 Å². The molecule has 0 amide bonds. The van der Waals surface area contributed by atoms with Crippen LogP contribution >= 0.6 is 0 Å². The molecule has 2 aromatic heterocycles. The van der Waals surface area contributed by atoms with Gasteiger partial charge in [0.05, 0.1) is 6.42 Å². The molecule has 0 aliphatic rings. The highest BCUT2D eigenvalue weighted by atomic mass is 16.4. The van der Waals surface area contributed by atoms with Crippen LogP contribution < -0.4 is 0 Å². The monoisotopic (exact) mass is 219 g/mol. The second kappa shape index (κ2) is 4.05. The predicted octanol–water partition coefficient (Wildman–Crippen LogP) is -0.101. The highest BCUT2D eigenvalue weighted by Crippen LogP contribution is 2.09. The summed E-state index contributed by atoms with van der Waals surface area (Å²) in [5.74, 6) is 0.0611. The van der Waals surface area contributed by atoms with E-state index in [4.69, 9.17) is 5.11 Å². The van der Waals surface area contributed by atoms with Gasteiger partial charge in [-0.3, -0.25) is 4.79 Å². The van der Waals surface area contributed by atoms with Crippen molar-refractivity contribution in [3.05, 3.63) is 24.3 Å². The number of aliphatic carboxylic acids is 1. The molecule has 0 saturated heterocycles. The van der Waals surface area contributed by atoms with Crippen LogP contribution in [0.15, 0.2) is 18.7 Å². The van der Waals surface area contributed by atoms with E-state index in [9.17, 15) is 4.79 Å². The van der Waals surface area contributed by atoms with Gasteiger partial charge in [-0.1, -0.05) is 0 Å². The molecular weight excluding hydrogens is 210 g/mol. The lowest BCUT2D eigenvalue weighted by atomic mass is 10.2. The standard InChI is InChI=1S/C9H9N5O2/c1-14-9(12-5-13-14)8-10-3-6(4-11-8)2-7(15)16/h3-5H,2H2,1H3,(H,15,16). The first-order valence-electron chi connectivity index (χ1n) is 4.54. The zero-order valence-corrected chi connectivity index (χ0v) is 8.53. The molecule has 0 fully saturated rings. The Labute approximate surface area is 90.8 Å². The van der Waals surface area contributed by atoms with E-state index in [1.54, 1.807) is 11.7 Å². The lowest BCUT2D eigenvalue weighted by molar-refractivity contribution is -0.136. The van der Waals surface area contributed by atoms with Gasteiger partial charge in [-0.2, -0.15) is 5.10 Å². The van der Waals surface area contributed by atoms with Crippen molar-refractivity contribution in [3.8, 4) is 11.6 Å². The van der Waals surface area contributed by atoms with Crippen molar-refractivity contribution in [2.45, 2.75) is 6.42 Å². The van der Waals surface area contributed by atoms with Gasteiger partial charge < -0.3 is 5.11 Å². The van der Waals surface area contributed by atoms with Crippen LogP contribution in [-0.4, -0.2) is 35.8 Å². The highest BCUT2D eigenvalue weighted by Gasteiger charge is 2.08. The summed E-state index contributed by atoms with van der Waals surface area (Å²) in [5, 5.41) is 12.5. The molecule has 0 spiro atoms. The number of hydrogen-bond acceptors (Lipinski definition) is 5. The number of carbonyl (C=O) groups is 1. The predicted molar refractivity (Wildman–Crippen MR) is 53.4 cm³/mol. The summed E-state index contributed by atoms with van der Waals surface area (Å²) < 4.78 is 1.55. The van der Waals surface area contributed by atoms with Crippen molar-refractivity contribution in [3.63, 3.8) is 0 Å². The molecule has 0 unspecified atom stereocenters. The highest BCUT2D eigenvalue weighted by molar-refractivity contribution is 5.69. The van der Waals surface area contributed by atoms with Crippen LogP contribution in [0.1, 0.15) is 5.56 Å². The van der Waals surface area contributed by atoms with Gasteiger partial charge in [-0.25, -0.2) is 19.6 Å². The van der Waals surface area contributed by atoms with Crippen molar-refractivity contribution >= 4 is 5.97 Å². The molecule has 1 N–H and O–H groups in total. The second-order valence-corrected chi connectivity index (χ2v) is 3.19. The van der Waals surface area contributed by atoms with Gasteiger partial charge in [0.2, 0.25) is 0 Å². The topological polar surface area (TPSA) is 93.8 Å². The van der Waals surface area contributed by atoms with E-state index in [1.165, 1.54) is 18.7 Å². The molecule has 2 heterocycles. The van der Waals surface area contributed by atoms with Gasteiger partial charge in [0.1, 0.15) is 6.33 Å². The van der Waals surface area contributed by atoms with Gasteiger partial charge in [0.15, 0.2) is 11.6 Å². The van der Waals surface area contributed by atoms with Crippen LogP contribution in [0.25, 0.3) is 11.6 Å². The summed E-state index contributed by atoms with van der Waals surface area (Å²) in [6, 6.07) is 0. The molecule has 2 aromatic rings. The summed E-state index contributed by atoms with van der Waals surface area (Å²) >= 11 is 0. The minimum absolute atomic E-state index is 0.0842. The SMILES string of the molecule is Cn1ncnc1-c1ncc(CC(=O)O)cn1. The maximum atomic E-state index is 10.5. The average Bonchev–Trinajstić information content (AvgIpc) is 2.65. The van der Waals surface area contributed by atoms with E-state index in [-0.39, 0.29) is 6.42 Å². The van der Waals surface area contributed by atoms with Crippen LogP contribution in [0.5, 0.6) is 0 Å². The van der Waals surface area contributed by atoms with E-state index in [1.807, 2.05) is 0 Å². The second-order valence-electron chi connectivity index (χ2n) is 3.19. The Morgan fingerprint density at radius 1 is 1.38 bits per heavy atom. The Hall–Kier alpha value is -2.31. The number of aromatic nitrogens is 5. The number of carboxylic acid groups (broad SMARTS) is 1. The number of aryl methyl sites for hydroxylation is 1. The third kappa shape index (κ3) is 2.02. The molecule has 7 nitrogen and oxygen atoms in total. The third-order valence-electron chi connectivity index (χ3n) is 1.97. The van der Waals surface area contributed by atoms with Gasteiger partial charge in [-0.05, 0) is 5.56 Å². The minimum atomic E-state index is -0.907. The lowest BCUT2D eigenvalue weighted by Crippen LogP contribution is -2.03. The van der Waals surface area contributed by atoms with E-state index in [2.05, 4.69) is 20.1 Å². The number of hydrogen-bond donors (Lipinski definition) is 1. The van der Waals surface area contributed by atoms with Crippen LogP contribution in [0, 0.1) is 0 Å². The lowest BCUT2D eigenvalue weighted by Gasteiger charge is -1.99. The van der Waals surface area contributed by atoms with Crippen LogP contribution in [0.4, 0.5) is 0 Å². The van der Waals surface area contributed by atoms with Gasteiger partial charge in [0.25, 0.3) is 0 Å². The average molecular weight is 219 g/mol. The fraction of sp³-hybridized carbons (Fsp3) is 0.222. The molecule has 82 valence electrons. The number of nitrogens with zero attached hydrogens (tertiary/aromatic N) is 5. The maximum Gasteiger partial charge on any atom is 0.307 e. The number of rotatable bonds is 3.